The van der Waals surface area contributed by atoms with Gasteiger partial charge in [-0.2, -0.15) is 0 Å². The SMILES string of the molecule is CC1CCN(Cc2csc(NC(=O)CCCOc3ccccc3)n2)CC1. The maximum atomic E-state index is 12.0. The summed E-state index contributed by atoms with van der Waals surface area (Å²) in [6, 6.07) is 9.66. The number of anilines is 1. The first kappa shape index (κ1) is 18.9. The van der Waals surface area contributed by atoms with E-state index in [1.165, 1.54) is 24.2 Å². The van der Waals surface area contributed by atoms with Crippen LogP contribution < -0.4 is 10.1 Å². The fourth-order valence-corrected chi connectivity index (χ4v) is 3.73. The van der Waals surface area contributed by atoms with Crippen molar-refractivity contribution in [3.8, 4) is 5.75 Å². The van der Waals surface area contributed by atoms with Crippen molar-refractivity contribution in [1.29, 1.82) is 0 Å². The van der Waals surface area contributed by atoms with Crippen molar-refractivity contribution >= 4 is 22.4 Å². The molecule has 0 radical (unpaired) electrons. The van der Waals surface area contributed by atoms with Gasteiger partial charge in [0.05, 0.1) is 12.3 Å². The van der Waals surface area contributed by atoms with Gasteiger partial charge in [0.1, 0.15) is 5.75 Å². The molecular formula is C20H27N3O2S. The van der Waals surface area contributed by atoms with E-state index < -0.39 is 0 Å². The van der Waals surface area contributed by atoms with Gasteiger partial charge in [-0.25, -0.2) is 4.98 Å². The third-order valence-corrected chi connectivity index (χ3v) is 5.43. The summed E-state index contributed by atoms with van der Waals surface area (Å²) in [5, 5.41) is 5.64. The second-order valence-corrected chi connectivity index (χ2v) is 7.77. The molecule has 0 unspecified atom stereocenters. The normalized spacial score (nSPS) is 15.7. The number of carbonyl (C=O) groups is 1. The Morgan fingerprint density at radius 3 is 2.85 bits per heavy atom. The lowest BCUT2D eigenvalue weighted by molar-refractivity contribution is -0.116. The van der Waals surface area contributed by atoms with Gasteiger partial charge in [-0.15, -0.1) is 11.3 Å². The van der Waals surface area contributed by atoms with E-state index in [4.69, 9.17) is 4.74 Å². The van der Waals surface area contributed by atoms with Crippen LogP contribution >= 0.6 is 11.3 Å². The third kappa shape index (κ3) is 6.11. The van der Waals surface area contributed by atoms with Crippen LogP contribution in [0.3, 0.4) is 0 Å². The van der Waals surface area contributed by atoms with Crippen LogP contribution in [0.5, 0.6) is 5.75 Å². The minimum absolute atomic E-state index is 0.00522. The molecule has 1 aromatic heterocycles. The number of ether oxygens (including phenoxy) is 1. The number of likely N-dealkylation sites (tertiary alicyclic amines) is 1. The summed E-state index contributed by atoms with van der Waals surface area (Å²) in [6.07, 6.45) is 3.65. The van der Waals surface area contributed by atoms with Crippen LogP contribution in [0.4, 0.5) is 5.13 Å². The summed E-state index contributed by atoms with van der Waals surface area (Å²) >= 11 is 1.50. The summed E-state index contributed by atoms with van der Waals surface area (Å²) in [5.41, 5.74) is 1.05. The van der Waals surface area contributed by atoms with Gasteiger partial charge < -0.3 is 10.1 Å². The van der Waals surface area contributed by atoms with Crippen molar-refractivity contribution < 1.29 is 9.53 Å². The van der Waals surface area contributed by atoms with Gasteiger partial charge in [-0.1, -0.05) is 25.1 Å². The zero-order chi connectivity index (χ0) is 18.2. The Bertz CT molecular complexity index is 681. The van der Waals surface area contributed by atoms with E-state index in [9.17, 15) is 4.79 Å². The zero-order valence-corrected chi connectivity index (χ0v) is 16.1. The highest BCUT2D eigenvalue weighted by Crippen LogP contribution is 2.21. The molecule has 1 aromatic carbocycles. The Morgan fingerprint density at radius 2 is 2.08 bits per heavy atom. The minimum atomic E-state index is -0.00522. The quantitative estimate of drug-likeness (QED) is 0.706. The summed E-state index contributed by atoms with van der Waals surface area (Å²) < 4.78 is 5.60. The minimum Gasteiger partial charge on any atom is -0.494 e. The number of piperidine rings is 1. The molecule has 1 amide bonds. The number of nitrogens with zero attached hydrogens (tertiary/aromatic N) is 2. The maximum absolute atomic E-state index is 12.0. The fourth-order valence-electron chi connectivity index (χ4n) is 3.01. The maximum Gasteiger partial charge on any atom is 0.226 e. The number of thiazole rings is 1. The van der Waals surface area contributed by atoms with E-state index in [0.29, 0.717) is 24.6 Å². The first-order valence-electron chi connectivity index (χ1n) is 9.33. The van der Waals surface area contributed by atoms with Crippen molar-refractivity contribution in [2.75, 3.05) is 25.0 Å². The molecular weight excluding hydrogens is 346 g/mol. The van der Waals surface area contributed by atoms with Crippen LogP contribution in [0.1, 0.15) is 38.3 Å². The Hall–Kier alpha value is -1.92. The summed E-state index contributed by atoms with van der Waals surface area (Å²) in [5.74, 6) is 1.67. The van der Waals surface area contributed by atoms with E-state index >= 15 is 0 Å². The van der Waals surface area contributed by atoms with Crippen LogP contribution in [0, 0.1) is 5.92 Å². The first-order valence-corrected chi connectivity index (χ1v) is 10.2. The van der Waals surface area contributed by atoms with E-state index in [1.54, 1.807) is 0 Å². The molecule has 1 saturated heterocycles. The number of nitrogens with one attached hydrogen (secondary N) is 1. The second-order valence-electron chi connectivity index (χ2n) is 6.92. The van der Waals surface area contributed by atoms with E-state index in [0.717, 1.165) is 37.0 Å². The smallest absolute Gasteiger partial charge is 0.226 e. The van der Waals surface area contributed by atoms with Gasteiger partial charge in [0, 0.05) is 18.3 Å². The molecule has 3 rings (SSSR count). The molecule has 26 heavy (non-hydrogen) atoms. The molecule has 140 valence electrons. The lowest BCUT2D eigenvalue weighted by atomic mass is 9.99. The number of rotatable bonds is 8. The van der Waals surface area contributed by atoms with Crippen LogP contribution in [-0.4, -0.2) is 35.5 Å². The number of hydrogen-bond acceptors (Lipinski definition) is 5. The van der Waals surface area contributed by atoms with Gasteiger partial charge in [0.15, 0.2) is 5.13 Å². The monoisotopic (exact) mass is 373 g/mol. The van der Waals surface area contributed by atoms with Gasteiger partial charge in [-0.3, -0.25) is 9.69 Å². The third-order valence-electron chi connectivity index (χ3n) is 4.62. The van der Waals surface area contributed by atoms with Gasteiger partial charge in [0.2, 0.25) is 5.91 Å². The second kappa shape index (κ2) is 9.69. The first-order chi connectivity index (χ1) is 12.7. The Kier molecular flexibility index (Phi) is 7.03. The summed E-state index contributed by atoms with van der Waals surface area (Å²) in [4.78, 5) is 19.0. The lowest BCUT2D eigenvalue weighted by Crippen LogP contribution is -2.32. The molecule has 2 aromatic rings. The number of aromatic nitrogens is 1. The number of hydrogen-bond donors (Lipinski definition) is 1. The van der Waals surface area contributed by atoms with E-state index in [1.807, 2.05) is 35.7 Å². The number of para-hydroxylation sites is 1. The van der Waals surface area contributed by atoms with Crippen LogP contribution in [0.25, 0.3) is 0 Å². The Morgan fingerprint density at radius 1 is 1.31 bits per heavy atom. The number of carbonyl (C=O) groups excluding carboxylic acids is 1. The standard InChI is InChI=1S/C20H27N3O2S/c1-16-9-11-23(12-10-16)14-17-15-26-20(21-17)22-19(24)8-5-13-25-18-6-3-2-4-7-18/h2-4,6-7,15-16H,5,8-14H2,1H3,(H,21,22,24). The van der Waals surface area contributed by atoms with E-state index in [2.05, 4.69) is 22.1 Å². The Balaban J connectivity index is 1.35. The molecule has 1 aliphatic rings. The molecule has 5 nitrogen and oxygen atoms in total. The van der Waals surface area contributed by atoms with Gasteiger partial charge in [0.25, 0.3) is 0 Å². The predicted molar refractivity (Wildman–Crippen MR) is 106 cm³/mol. The molecule has 6 heteroatoms. The summed E-state index contributed by atoms with van der Waals surface area (Å²) in [7, 11) is 0. The van der Waals surface area contributed by atoms with Crippen molar-refractivity contribution in [1.82, 2.24) is 9.88 Å². The highest BCUT2D eigenvalue weighted by Gasteiger charge is 2.17. The average Bonchev–Trinajstić information content (AvgIpc) is 3.08. The van der Waals surface area contributed by atoms with Crippen molar-refractivity contribution in [3.05, 3.63) is 41.4 Å². The Labute approximate surface area is 159 Å². The van der Waals surface area contributed by atoms with E-state index in [-0.39, 0.29) is 5.91 Å². The van der Waals surface area contributed by atoms with Crippen LogP contribution in [-0.2, 0) is 11.3 Å². The van der Waals surface area contributed by atoms with Crippen molar-refractivity contribution in [2.45, 2.75) is 39.2 Å². The van der Waals surface area contributed by atoms with Crippen LogP contribution in [0.2, 0.25) is 0 Å². The average molecular weight is 374 g/mol. The summed E-state index contributed by atoms with van der Waals surface area (Å²) in [6.45, 7) is 6.01. The zero-order valence-electron chi connectivity index (χ0n) is 15.3. The molecule has 1 fully saturated rings. The molecule has 1 aliphatic heterocycles. The molecule has 0 spiro atoms. The lowest BCUT2D eigenvalue weighted by Gasteiger charge is -2.29. The molecule has 0 aliphatic carbocycles. The molecule has 2 heterocycles. The predicted octanol–water partition coefficient (Wildman–Crippen LogP) is 4.17. The highest BCUT2D eigenvalue weighted by atomic mass is 32.1. The molecule has 0 bridgehead atoms. The topological polar surface area (TPSA) is 54.5 Å². The molecule has 1 N–H and O–H groups in total. The number of amides is 1. The van der Waals surface area contributed by atoms with Crippen molar-refractivity contribution in [3.63, 3.8) is 0 Å². The van der Waals surface area contributed by atoms with Gasteiger partial charge >= 0.3 is 0 Å². The highest BCUT2D eigenvalue weighted by molar-refractivity contribution is 7.13. The van der Waals surface area contributed by atoms with Crippen LogP contribution in [0.15, 0.2) is 35.7 Å². The molecule has 0 saturated carbocycles. The number of benzene rings is 1. The largest absolute Gasteiger partial charge is 0.494 e. The fraction of sp³-hybridized carbons (Fsp3) is 0.500. The van der Waals surface area contributed by atoms with Gasteiger partial charge in [-0.05, 0) is 50.4 Å². The van der Waals surface area contributed by atoms with Crippen molar-refractivity contribution in [2.24, 2.45) is 5.92 Å². The molecule has 0 atom stereocenters.